The van der Waals surface area contributed by atoms with Gasteiger partial charge in [-0.3, -0.25) is 4.79 Å². The Balaban J connectivity index is 1.81. The summed E-state index contributed by atoms with van der Waals surface area (Å²) in [5.41, 5.74) is 0. The average molecular weight is 240 g/mol. The number of methoxy groups -OCH3 is 1. The van der Waals surface area contributed by atoms with Crippen LogP contribution in [0.25, 0.3) is 0 Å². The van der Waals surface area contributed by atoms with Gasteiger partial charge >= 0.3 is 5.97 Å². The zero-order chi connectivity index (χ0) is 12.3. The predicted molar refractivity (Wildman–Crippen MR) is 66.8 cm³/mol. The van der Waals surface area contributed by atoms with E-state index in [1.165, 1.54) is 32.8 Å². The van der Waals surface area contributed by atoms with E-state index >= 15 is 0 Å². The maximum atomic E-state index is 11.7. The highest BCUT2D eigenvalue weighted by molar-refractivity contribution is 5.76. The molecule has 2 fully saturated rings. The van der Waals surface area contributed by atoms with Gasteiger partial charge < -0.3 is 15.0 Å². The van der Waals surface area contributed by atoms with Crippen molar-refractivity contribution in [2.75, 3.05) is 26.7 Å². The summed E-state index contributed by atoms with van der Waals surface area (Å²) in [5, 5.41) is 3.39. The predicted octanol–water partition coefficient (Wildman–Crippen LogP) is 1.01. The first kappa shape index (κ1) is 12.8. The zero-order valence-corrected chi connectivity index (χ0v) is 10.9. The zero-order valence-electron chi connectivity index (χ0n) is 10.9. The largest absolute Gasteiger partial charge is 0.468 e. The van der Waals surface area contributed by atoms with Gasteiger partial charge in [0.1, 0.15) is 6.04 Å². The molecule has 2 rings (SSSR count). The summed E-state index contributed by atoms with van der Waals surface area (Å²) in [7, 11) is 1.47. The molecule has 0 radical (unpaired) electrons. The number of carbonyl (C=O) groups is 1. The normalized spacial score (nSPS) is 27.1. The van der Waals surface area contributed by atoms with E-state index in [2.05, 4.69) is 17.1 Å². The summed E-state index contributed by atoms with van der Waals surface area (Å²) in [4.78, 5) is 14.1. The maximum absolute atomic E-state index is 11.7. The van der Waals surface area contributed by atoms with Crippen molar-refractivity contribution in [2.24, 2.45) is 5.92 Å². The van der Waals surface area contributed by atoms with Gasteiger partial charge in [0.05, 0.1) is 7.11 Å². The van der Waals surface area contributed by atoms with Gasteiger partial charge in [0.15, 0.2) is 0 Å². The van der Waals surface area contributed by atoms with Crippen molar-refractivity contribution in [1.29, 1.82) is 0 Å². The molecule has 0 bridgehead atoms. The molecule has 0 aromatic rings. The lowest BCUT2D eigenvalue weighted by molar-refractivity contribution is -0.143. The van der Waals surface area contributed by atoms with Gasteiger partial charge in [-0.15, -0.1) is 0 Å². The average Bonchev–Trinajstić information content (AvgIpc) is 3.04. The molecule has 1 heterocycles. The van der Waals surface area contributed by atoms with Crippen molar-refractivity contribution in [3.63, 3.8) is 0 Å². The summed E-state index contributed by atoms with van der Waals surface area (Å²) in [5.74, 6) is 0.700. The molecule has 0 aromatic carbocycles. The maximum Gasteiger partial charge on any atom is 0.324 e. The van der Waals surface area contributed by atoms with Crippen molar-refractivity contribution in [2.45, 2.75) is 44.7 Å². The van der Waals surface area contributed by atoms with Crippen LogP contribution in [0.2, 0.25) is 0 Å². The Labute approximate surface area is 104 Å². The van der Waals surface area contributed by atoms with Crippen molar-refractivity contribution >= 4 is 5.97 Å². The molecule has 2 unspecified atom stereocenters. The molecule has 1 aliphatic heterocycles. The van der Waals surface area contributed by atoms with E-state index < -0.39 is 0 Å². The fraction of sp³-hybridized carbons (Fsp3) is 0.923. The van der Waals surface area contributed by atoms with Crippen molar-refractivity contribution in [1.82, 2.24) is 10.2 Å². The molecule has 17 heavy (non-hydrogen) atoms. The highest BCUT2D eigenvalue weighted by Crippen LogP contribution is 2.22. The Hall–Kier alpha value is -0.610. The number of nitrogens with zero attached hydrogens (tertiary/aromatic N) is 1. The monoisotopic (exact) mass is 240 g/mol. The third kappa shape index (κ3) is 3.68. The van der Waals surface area contributed by atoms with Gasteiger partial charge in [-0.05, 0) is 31.7 Å². The summed E-state index contributed by atoms with van der Waals surface area (Å²) in [6, 6.07) is 0.409. The Bertz CT molecular complexity index is 266. The summed E-state index contributed by atoms with van der Waals surface area (Å²) < 4.78 is 4.88. The van der Waals surface area contributed by atoms with Gasteiger partial charge in [0.2, 0.25) is 0 Å². The van der Waals surface area contributed by atoms with Crippen LogP contribution in [0.5, 0.6) is 0 Å². The Morgan fingerprint density at radius 3 is 2.76 bits per heavy atom. The van der Waals surface area contributed by atoms with Crippen molar-refractivity contribution < 1.29 is 9.53 Å². The highest BCUT2D eigenvalue weighted by atomic mass is 16.5. The molecule has 2 atom stereocenters. The van der Waals surface area contributed by atoms with Gasteiger partial charge in [-0.25, -0.2) is 0 Å². The molecule has 4 heteroatoms. The molecule has 0 spiro atoms. The van der Waals surface area contributed by atoms with Gasteiger partial charge in [0, 0.05) is 19.1 Å². The third-order valence-corrected chi connectivity index (χ3v) is 3.89. The minimum atomic E-state index is -0.136. The molecular weight excluding hydrogens is 216 g/mol. The van der Waals surface area contributed by atoms with Gasteiger partial charge in [-0.2, -0.15) is 0 Å². The molecule has 2 aliphatic rings. The lowest BCUT2D eigenvalue weighted by Crippen LogP contribution is -2.47. The third-order valence-electron chi connectivity index (χ3n) is 3.89. The number of nitrogens with one attached hydrogen (secondary N) is 1. The van der Waals surface area contributed by atoms with E-state index in [0.29, 0.717) is 6.04 Å². The Morgan fingerprint density at radius 1 is 1.47 bits per heavy atom. The number of carbonyl (C=O) groups excluding carboxylic acids is 1. The van der Waals surface area contributed by atoms with Crippen molar-refractivity contribution in [3.8, 4) is 0 Å². The number of hydrogen-bond donors (Lipinski definition) is 1. The van der Waals surface area contributed by atoms with Crippen LogP contribution < -0.4 is 5.32 Å². The van der Waals surface area contributed by atoms with Crippen molar-refractivity contribution in [3.05, 3.63) is 0 Å². The van der Waals surface area contributed by atoms with E-state index in [9.17, 15) is 4.79 Å². The van der Waals surface area contributed by atoms with Crippen LogP contribution in [-0.2, 0) is 9.53 Å². The number of rotatable bonds is 6. The number of hydrogen-bond acceptors (Lipinski definition) is 4. The van der Waals surface area contributed by atoms with E-state index in [1.54, 1.807) is 0 Å². The quantitative estimate of drug-likeness (QED) is 0.704. The molecule has 1 saturated carbocycles. The van der Waals surface area contributed by atoms with Crippen LogP contribution in [0.15, 0.2) is 0 Å². The smallest absolute Gasteiger partial charge is 0.324 e. The van der Waals surface area contributed by atoms with Crippen LogP contribution in [0, 0.1) is 5.92 Å². The van der Waals surface area contributed by atoms with Gasteiger partial charge in [0.25, 0.3) is 0 Å². The molecule has 0 amide bonds. The van der Waals surface area contributed by atoms with Crippen LogP contribution in [0.3, 0.4) is 0 Å². The van der Waals surface area contributed by atoms with E-state index in [-0.39, 0.29) is 12.0 Å². The Morgan fingerprint density at radius 2 is 2.24 bits per heavy atom. The SMILES string of the molecule is CCC1CCN(CC(NC2CC2)C(=O)OC)C1. The first-order valence-corrected chi connectivity index (χ1v) is 6.79. The molecule has 1 aliphatic carbocycles. The summed E-state index contributed by atoms with van der Waals surface area (Å²) >= 11 is 0. The molecule has 4 nitrogen and oxygen atoms in total. The van der Waals surface area contributed by atoms with E-state index in [1.807, 2.05) is 0 Å². The second-order valence-electron chi connectivity index (χ2n) is 5.34. The van der Waals surface area contributed by atoms with Crippen LogP contribution in [0.1, 0.15) is 32.6 Å². The number of ether oxygens (including phenoxy) is 1. The molecule has 1 N–H and O–H groups in total. The molecule has 0 aromatic heterocycles. The summed E-state index contributed by atoms with van der Waals surface area (Å²) in [6.45, 7) is 5.31. The first-order chi connectivity index (χ1) is 8.22. The standard InChI is InChI=1S/C13H24N2O2/c1-3-10-6-7-15(8-10)9-12(13(16)17-2)14-11-4-5-11/h10-12,14H,3-9H2,1-2H3. The Kier molecular flexibility index (Phi) is 4.40. The van der Waals surface area contributed by atoms with Crippen LogP contribution in [-0.4, -0.2) is 49.7 Å². The van der Waals surface area contributed by atoms with Gasteiger partial charge in [-0.1, -0.05) is 13.3 Å². The second-order valence-corrected chi connectivity index (χ2v) is 5.34. The molecule has 98 valence electrons. The number of likely N-dealkylation sites (tertiary alicyclic amines) is 1. The number of esters is 1. The second kappa shape index (κ2) is 5.83. The van der Waals surface area contributed by atoms with E-state index in [4.69, 9.17) is 4.74 Å². The minimum Gasteiger partial charge on any atom is -0.468 e. The topological polar surface area (TPSA) is 41.6 Å². The van der Waals surface area contributed by atoms with Crippen LogP contribution in [0.4, 0.5) is 0 Å². The molecule has 1 saturated heterocycles. The lowest BCUT2D eigenvalue weighted by atomic mass is 10.1. The lowest BCUT2D eigenvalue weighted by Gasteiger charge is -2.23. The highest BCUT2D eigenvalue weighted by Gasteiger charge is 2.32. The minimum absolute atomic E-state index is 0.114. The fourth-order valence-electron chi connectivity index (χ4n) is 2.54. The molecular formula is C13H24N2O2. The summed E-state index contributed by atoms with van der Waals surface area (Å²) in [6.07, 6.45) is 4.92. The van der Waals surface area contributed by atoms with Crippen LogP contribution >= 0.6 is 0 Å². The first-order valence-electron chi connectivity index (χ1n) is 6.79. The van der Waals surface area contributed by atoms with E-state index in [0.717, 1.165) is 25.6 Å². The fourth-order valence-corrected chi connectivity index (χ4v) is 2.54.